The lowest BCUT2D eigenvalue weighted by molar-refractivity contribution is -0.275. The molecule has 0 bridgehead atoms. The van der Waals surface area contributed by atoms with Crippen molar-refractivity contribution in [3.05, 3.63) is 47.0 Å². The molecule has 0 saturated heterocycles. The van der Waals surface area contributed by atoms with Crippen molar-refractivity contribution in [1.82, 2.24) is 0 Å². The van der Waals surface area contributed by atoms with Crippen LogP contribution in [0.2, 0.25) is 0 Å². The summed E-state index contributed by atoms with van der Waals surface area (Å²) >= 11 is 0. The van der Waals surface area contributed by atoms with Crippen LogP contribution in [0.25, 0.3) is 0 Å². The molecule has 0 aliphatic carbocycles. The molecule has 0 fully saturated rings. The van der Waals surface area contributed by atoms with Crippen LogP contribution in [0, 0.1) is 6.92 Å². The highest BCUT2D eigenvalue weighted by atomic mass is 35.7. The smallest absolute Gasteiger partial charge is 0.404 e. The molecule has 5 nitrogen and oxygen atoms in total. The van der Waals surface area contributed by atoms with Crippen molar-refractivity contribution in [2.45, 2.75) is 47.2 Å². The van der Waals surface area contributed by atoms with Gasteiger partial charge in [-0.2, -0.15) is 0 Å². The summed E-state index contributed by atoms with van der Waals surface area (Å²) in [6, 6.07) is 6.11. The predicted molar refractivity (Wildman–Crippen MR) is 94.9 cm³/mol. The summed E-state index contributed by atoms with van der Waals surface area (Å²) < 4.78 is 92.1. The van der Waals surface area contributed by atoms with Crippen LogP contribution in [0.4, 0.5) is 13.2 Å². The molecule has 1 aliphatic heterocycles. The molecule has 0 spiro atoms. The Balaban J connectivity index is 2.44. The summed E-state index contributed by atoms with van der Waals surface area (Å²) in [5.41, 5.74) is -0.0249. The lowest BCUT2D eigenvalue weighted by Gasteiger charge is -2.35. The first-order valence-corrected chi connectivity index (χ1v) is 11.6. The molecule has 1 heterocycles. The zero-order chi connectivity index (χ0) is 21.3. The SMILES string of the molecule is Cc1ccc2c(c1)S(=O)(=O)c1cc(S(=O)(=O)Cl)c(OC(F)(F)F)cc1C2(C)C. The highest BCUT2D eigenvalue weighted by molar-refractivity contribution is 8.13. The van der Waals surface area contributed by atoms with Gasteiger partial charge in [-0.3, -0.25) is 0 Å². The molecule has 0 atom stereocenters. The van der Waals surface area contributed by atoms with Crippen LogP contribution < -0.4 is 4.74 Å². The summed E-state index contributed by atoms with van der Waals surface area (Å²) in [7, 11) is -3.67. The molecule has 3 rings (SSSR count). The molecule has 0 radical (unpaired) electrons. The van der Waals surface area contributed by atoms with Crippen LogP contribution in [-0.2, 0) is 24.3 Å². The maximum absolute atomic E-state index is 13.1. The number of ether oxygens (including phenoxy) is 1. The maximum atomic E-state index is 13.1. The van der Waals surface area contributed by atoms with Gasteiger partial charge in [-0.05, 0) is 41.8 Å². The van der Waals surface area contributed by atoms with Gasteiger partial charge < -0.3 is 4.74 Å². The third-order valence-electron chi connectivity index (χ3n) is 4.60. The fourth-order valence-corrected chi connectivity index (χ4v) is 6.38. The van der Waals surface area contributed by atoms with E-state index < -0.39 is 46.2 Å². The van der Waals surface area contributed by atoms with E-state index in [2.05, 4.69) is 4.74 Å². The Hall–Kier alpha value is -1.78. The monoisotopic (exact) mass is 454 g/mol. The third-order valence-corrected chi connectivity index (χ3v) is 7.77. The van der Waals surface area contributed by atoms with Gasteiger partial charge in [0.15, 0.2) is 0 Å². The van der Waals surface area contributed by atoms with Gasteiger partial charge in [0.2, 0.25) is 9.84 Å². The number of hydrogen-bond acceptors (Lipinski definition) is 5. The Labute approximate surface area is 164 Å². The lowest BCUT2D eigenvalue weighted by Crippen LogP contribution is -2.30. The molecular formula is C17H14ClF3O5S2. The molecule has 152 valence electrons. The second-order valence-corrected chi connectivity index (χ2v) is 11.3. The fourth-order valence-electron chi connectivity index (χ4n) is 3.28. The summed E-state index contributed by atoms with van der Waals surface area (Å²) in [6.45, 7) is 4.94. The molecular weight excluding hydrogens is 441 g/mol. The van der Waals surface area contributed by atoms with Gasteiger partial charge in [-0.15, -0.1) is 13.2 Å². The van der Waals surface area contributed by atoms with Crippen molar-refractivity contribution < 1.29 is 34.7 Å². The Morgan fingerprint density at radius 2 is 1.61 bits per heavy atom. The van der Waals surface area contributed by atoms with E-state index in [1.165, 1.54) is 6.07 Å². The average Bonchev–Trinajstić information content (AvgIpc) is 2.50. The minimum atomic E-state index is -5.20. The molecule has 0 saturated carbocycles. The molecule has 0 aromatic heterocycles. The van der Waals surface area contributed by atoms with Gasteiger partial charge in [-0.25, -0.2) is 16.8 Å². The van der Waals surface area contributed by atoms with Crippen molar-refractivity contribution in [2.75, 3.05) is 0 Å². The molecule has 2 aromatic carbocycles. The minimum Gasteiger partial charge on any atom is -0.404 e. The van der Waals surface area contributed by atoms with Crippen LogP contribution in [-0.4, -0.2) is 23.2 Å². The van der Waals surface area contributed by atoms with E-state index in [4.69, 9.17) is 10.7 Å². The fraction of sp³-hybridized carbons (Fsp3) is 0.294. The Bertz CT molecular complexity index is 1200. The van der Waals surface area contributed by atoms with Crippen molar-refractivity contribution in [2.24, 2.45) is 0 Å². The summed E-state index contributed by atoms with van der Waals surface area (Å²) in [5.74, 6) is -1.08. The standard InChI is InChI=1S/C17H14ClF3O5S2/c1-9-4-5-10-13(6-9)27(22,23)14-8-15(28(18,24)25)12(26-17(19,20)21)7-11(14)16(10,2)3/h4-8H,1-3H3. The first kappa shape index (κ1) is 20.9. The van der Waals surface area contributed by atoms with Crippen molar-refractivity contribution in [3.63, 3.8) is 0 Å². The molecule has 0 amide bonds. The second-order valence-electron chi connectivity index (χ2n) is 6.91. The van der Waals surface area contributed by atoms with Crippen molar-refractivity contribution in [3.8, 4) is 5.75 Å². The number of rotatable bonds is 2. The number of aryl methyl sites for hydroxylation is 1. The topological polar surface area (TPSA) is 77.5 Å². The van der Waals surface area contributed by atoms with Gasteiger partial charge in [0.05, 0.1) is 9.79 Å². The van der Waals surface area contributed by atoms with E-state index in [1.807, 2.05) is 0 Å². The zero-order valence-electron chi connectivity index (χ0n) is 14.8. The number of benzene rings is 2. The van der Waals surface area contributed by atoms with Crippen LogP contribution >= 0.6 is 10.7 Å². The molecule has 2 aromatic rings. The minimum absolute atomic E-state index is 0.0211. The zero-order valence-corrected chi connectivity index (χ0v) is 17.1. The van der Waals surface area contributed by atoms with Gasteiger partial charge in [0, 0.05) is 16.1 Å². The maximum Gasteiger partial charge on any atom is 0.573 e. The van der Waals surface area contributed by atoms with E-state index in [9.17, 15) is 30.0 Å². The lowest BCUT2D eigenvalue weighted by atomic mass is 9.77. The largest absolute Gasteiger partial charge is 0.573 e. The van der Waals surface area contributed by atoms with Gasteiger partial charge in [0.25, 0.3) is 9.05 Å². The number of halogens is 4. The van der Waals surface area contributed by atoms with E-state index in [0.29, 0.717) is 17.2 Å². The third kappa shape index (κ3) is 3.37. The Morgan fingerprint density at radius 1 is 1.04 bits per heavy atom. The van der Waals surface area contributed by atoms with Crippen LogP contribution in [0.15, 0.2) is 45.0 Å². The number of fused-ring (bicyclic) bond motifs is 2. The molecule has 0 unspecified atom stereocenters. The molecule has 11 heteroatoms. The Morgan fingerprint density at radius 3 is 2.14 bits per heavy atom. The Kier molecular flexibility index (Phi) is 4.57. The van der Waals surface area contributed by atoms with Crippen molar-refractivity contribution >= 4 is 29.6 Å². The number of alkyl halides is 3. The first-order chi connectivity index (χ1) is 12.5. The van der Waals surface area contributed by atoms with E-state index in [1.54, 1.807) is 32.9 Å². The van der Waals surface area contributed by atoms with E-state index in [0.717, 1.165) is 6.07 Å². The molecule has 1 aliphatic rings. The summed E-state index contributed by atoms with van der Waals surface area (Å²) in [6.07, 6.45) is -5.20. The second kappa shape index (κ2) is 6.11. The summed E-state index contributed by atoms with van der Waals surface area (Å²) in [4.78, 5) is -1.53. The molecule has 0 N–H and O–H groups in total. The van der Waals surface area contributed by atoms with Crippen molar-refractivity contribution in [1.29, 1.82) is 0 Å². The van der Waals surface area contributed by atoms with Crippen LogP contribution in [0.5, 0.6) is 5.75 Å². The molecule has 28 heavy (non-hydrogen) atoms. The predicted octanol–water partition coefficient (Wildman–Crippen LogP) is 4.29. The first-order valence-electron chi connectivity index (χ1n) is 7.80. The highest BCUT2D eigenvalue weighted by Crippen LogP contribution is 2.49. The van der Waals surface area contributed by atoms with Gasteiger partial charge >= 0.3 is 6.36 Å². The average molecular weight is 455 g/mol. The van der Waals surface area contributed by atoms with E-state index >= 15 is 0 Å². The van der Waals surface area contributed by atoms with Crippen LogP contribution in [0.1, 0.15) is 30.5 Å². The normalized spacial score (nSPS) is 17.5. The number of sulfone groups is 1. The highest BCUT2D eigenvalue weighted by Gasteiger charge is 2.43. The quantitative estimate of drug-likeness (QED) is 0.632. The summed E-state index contributed by atoms with van der Waals surface area (Å²) in [5, 5.41) is 0. The van der Waals surface area contributed by atoms with Gasteiger partial charge in [0.1, 0.15) is 10.6 Å². The van der Waals surface area contributed by atoms with Gasteiger partial charge in [-0.1, -0.05) is 26.0 Å². The van der Waals surface area contributed by atoms with E-state index in [-0.39, 0.29) is 10.5 Å². The van der Waals surface area contributed by atoms with Crippen LogP contribution in [0.3, 0.4) is 0 Å². The number of hydrogen-bond donors (Lipinski definition) is 0.